The molecule has 0 aromatic heterocycles. The van der Waals surface area contributed by atoms with E-state index in [0.29, 0.717) is 23.4 Å². The van der Waals surface area contributed by atoms with Crippen LogP contribution in [0.2, 0.25) is 0 Å². The number of hydrogen-bond acceptors (Lipinski definition) is 6. The van der Waals surface area contributed by atoms with Crippen LogP contribution in [-0.2, 0) is 22.6 Å². The van der Waals surface area contributed by atoms with Crippen molar-refractivity contribution in [3.05, 3.63) is 58.7 Å². The molecule has 0 fully saturated rings. The fourth-order valence-electron chi connectivity index (χ4n) is 3.62. The number of methoxy groups -OCH3 is 1. The molecule has 2 aromatic carbocycles. The number of anilines is 1. The molecule has 0 spiro atoms. The summed E-state index contributed by atoms with van der Waals surface area (Å²) in [5.41, 5.74) is 9.13. The Morgan fingerprint density at radius 1 is 1.25 bits per heavy atom. The Bertz CT molecular complexity index is 1020. The second kappa shape index (κ2) is 10.1. The van der Waals surface area contributed by atoms with E-state index in [1.54, 1.807) is 44.4 Å². The number of nitrogens with two attached hydrogens (primary N) is 1. The Kier molecular flexibility index (Phi) is 7.32. The van der Waals surface area contributed by atoms with E-state index >= 15 is 0 Å². The van der Waals surface area contributed by atoms with Crippen LogP contribution in [0.15, 0.2) is 36.4 Å². The van der Waals surface area contributed by atoms with Crippen LogP contribution in [0.1, 0.15) is 40.9 Å². The zero-order valence-corrected chi connectivity index (χ0v) is 18.5. The van der Waals surface area contributed by atoms with Gasteiger partial charge in [0.1, 0.15) is 11.6 Å². The number of carbonyl (C=O) groups excluding carboxylic acids is 2. The standard InChI is InChI=1S/C23H29N5O4/c1-4-26-19-11-14(20(24)25)6-7-15(19)12-27-21(29)23(32-5-2)28-13-16-10-17(31-3)8-9-18(16)22(28)30/h6-11,23,26H,4-5,12-13H2,1-3H3,(H3,24,25)(H,27,29)/t23-/m0/s1. The summed E-state index contributed by atoms with van der Waals surface area (Å²) in [4.78, 5) is 27.4. The topological polar surface area (TPSA) is 130 Å². The number of amidine groups is 1. The Morgan fingerprint density at radius 2 is 2.03 bits per heavy atom. The van der Waals surface area contributed by atoms with Gasteiger partial charge >= 0.3 is 0 Å². The number of nitrogen functional groups attached to an aromatic ring is 1. The number of fused-ring (bicyclic) bond motifs is 1. The number of carbonyl (C=O) groups is 2. The van der Waals surface area contributed by atoms with E-state index in [1.807, 2.05) is 13.0 Å². The summed E-state index contributed by atoms with van der Waals surface area (Å²) in [5.74, 6) is -0.0332. The highest BCUT2D eigenvalue weighted by Crippen LogP contribution is 2.28. The lowest BCUT2D eigenvalue weighted by Gasteiger charge is -2.26. The Hall–Kier alpha value is -3.59. The van der Waals surface area contributed by atoms with Gasteiger partial charge in [-0.05, 0) is 49.2 Å². The highest BCUT2D eigenvalue weighted by Gasteiger charge is 2.37. The molecular weight excluding hydrogens is 410 g/mol. The lowest BCUT2D eigenvalue weighted by atomic mass is 10.1. The Labute approximate surface area is 187 Å². The predicted molar refractivity (Wildman–Crippen MR) is 122 cm³/mol. The maximum Gasteiger partial charge on any atom is 0.270 e. The van der Waals surface area contributed by atoms with Crippen LogP contribution in [0.25, 0.3) is 0 Å². The number of amides is 2. The molecule has 170 valence electrons. The van der Waals surface area contributed by atoms with Gasteiger partial charge in [0.15, 0.2) is 0 Å². The van der Waals surface area contributed by atoms with Crippen LogP contribution in [-0.4, -0.2) is 49.0 Å². The zero-order chi connectivity index (χ0) is 23.3. The molecule has 1 heterocycles. The molecule has 9 nitrogen and oxygen atoms in total. The molecule has 5 N–H and O–H groups in total. The summed E-state index contributed by atoms with van der Waals surface area (Å²) in [6, 6.07) is 10.6. The predicted octanol–water partition coefficient (Wildman–Crippen LogP) is 2.05. The highest BCUT2D eigenvalue weighted by molar-refractivity contribution is 6.01. The van der Waals surface area contributed by atoms with E-state index < -0.39 is 12.1 Å². The number of nitrogens with zero attached hydrogens (tertiary/aromatic N) is 1. The van der Waals surface area contributed by atoms with E-state index in [0.717, 1.165) is 16.8 Å². The first-order chi connectivity index (χ1) is 15.4. The molecule has 32 heavy (non-hydrogen) atoms. The van der Waals surface area contributed by atoms with Crippen LogP contribution in [0, 0.1) is 5.41 Å². The molecule has 2 aromatic rings. The smallest absolute Gasteiger partial charge is 0.270 e. The SMILES string of the molecule is CCNc1cc(C(=N)N)ccc1CNC(=O)[C@H](OCC)N1Cc2cc(OC)ccc2C1=O. The van der Waals surface area contributed by atoms with Crippen molar-refractivity contribution in [2.45, 2.75) is 33.2 Å². The van der Waals surface area contributed by atoms with Crippen molar-refractivity contribution in [1.29, 1.82) is 5.41 Å². The first-order valence-corrected chi connectivity index (χ1v) is 10.5. The molecule has 0 aliphatic carbocycles. The van der Waals surface area contributed by atoms with Crippen LogP contribution in [0.4, 0.5) is 5.69 Å². The quantitative estimate of drug-likeness (QED) is 0.331. The fraction of sp³-hybridized carbons (Fsp3) is 0.348. The maximum atomic E-state index is 13.0. The number of hydrogen-bond donors (Lipinski definition) is 4. The van der Waals surface area contributed by atoms with Gasteiger partial charge in [-0.2, -0.15) is 0 Å². The second-order valence-electron chi connectivity index (χ2n) is 7.30. The average Bonchev–Trinajstić information content (AvgIpc) is 3.11. The third kappa shape index (κ3) is 4.83. The summed E-state index contributed by atoms with van der Waals surface area (Å²) < 4.78 is 10.9. The number of ether oxygens (including phenoxy) is 2. The van der Waals surface area contributed by atoms with E-state index in [2.05, 4.69) is 10.6 Å². The number of nitrogens with one attached hydrogen (secondary N) is 3. The minimum absolute atomic E-state index is 0.0279. The minimum Gasteiger partial charge on any atom is -0.497 e. The molecule has 9 heteroatoms. The van der Waals surface area contributed by atoms with Gasteiger partial charge in [-0.15, -0.1) is 0 Å². The third-order valence-electron chi connectivity index (χ3n) is 5.22. The van der Waals surface area contributed by atoms with Gasteiger partial charge in [0.2, 0.25) is 6.23 Å². The average molecular weight is 440 g/mol. The van der Waals surface area contributed by atoms with E-state index in [1.165, 1.54) is 4.90 Å². The molecule has 2 amide bonds. The van der Waals surface area contributed by atoms with E-state index in [9.17, 15) is 9.59 Å². The van der Waals surface area contributed by atoms with Crippen molar-refractivity contribution in [3.63, 3.8) is 0 Å². The lowest BCUT2D eigenvalue weighted by molar-refractivity contribution is -0.143. The molecule has 1 aliphatic heterocycles. The van der Waals surface area contributed by atoms with Crippen molar-refractivity contribution in [1.82, 2.24) is 10.2 Å². The molecule has 1 atom stereocenters. The van der Waals surface area contributed by atoms with E-state index in [-0.39, 0.29) is 31.4 Å². The van der Waals surface area contributed by atoms with Crippen molar-refractivity contribution in [2.24, 2.45) is 5.73 Å². The van der Waals surface area contributed by atoms with Crippen LogP contribution in [0.5, 0.6) is 5.75 Å². The normalized spacial score (nSPS) is 13.5. The summed E-state index contributed by atoms with van der Waals surface area (Å²) in [6.07, 6.45) is -1.05. The van der Waals surface area contributed by atoms with Crippen LogP contribution >= 0.6 is 0 Å². The van der Waals surface area contributed by atoms with Crippen molar-refractivity contribution < 1.29 is 19.1 Å². The molecule has 0 saturated carbocycles. The molecule has 0 bridgehead atoms. The molecule has 0 unspecified atom stereocenters. The van der Waals surface area contributed by atoms with Gasteiger partial charge in [0, 0.05) is 43.1 Å². The van der Waals surface area contributed by atoms with Crippen LogP contribution < -0.4 is 21.1 Å². The summed E-state index contributed by atoms with van der Waals surface area (Å²) in [7, 11) is 1.57. The van der Waals surface area contributed by atoms with Gasteiger partial charge in [-0.3, -0.25) is 15.0 Å². The first-order valence-electron chi connectivity index (χ1n) is 10.5. The van der Waals surface area contributed by atoms with Gasteiger partial charge in [-0.1, -0.05) is 12.1 Å². The lowest BCUT2D eigenvalue weighted by Crippen LogP contribution is -2.48. The summed E-state index contributed by atoms with van der Waals surface area (Å²) in [6.45, 7) is 5.18. The summed E-state index contributed by atoms with van der Waals surface area (Å²) in [5, 5.41) is 13.7. The zero-order valence-electron chi connectivity index (χ0n) is 18.5. The molecule has 0 radical (unpaired) electrons. The van der Waals surface area contributed by atoms with Crippen molar-refractivity contribution in [3.8, 4) is 5.75 Å². The number of rotatable bonds is 10. The van der Waals surface area contributed by atoms with Gasteiger partial charge in [0.05, 0.1) is 7.11 Å². The van der Waals surface area contributed by atoms with Crippen molar-refractivity contribution >= 4 is 23.3 Å². The minimum atomic E-state index is -1.05. The van der Waals surface area contributed by atoms with E-state index in [4.69, 9.17) is 20.6 Å². The largest absolute Gasteiger partial charge is 0.497 e. The molecular formula is C23H29N5O4. The molecule has 0 saturated heterocycles. The Balaban J connectivity index is 1.75. The van der Waals surface area contributed by atoms with Crippen LogP contribution in [0.3, 0.4) is 0 Å². The van der Waals surface area contributed by atoms with Crippen molar-refractivity contribution in [2.75, 3.05) is 25.6 Å². The molecule has 1 aliphatic rings. The van der Waals surface area contributed by atoms with Gasteiger partial charge < -0.3 is 30.7 Å². The third-order valence-corrected chi connectivity index (χ3v) is 5.22. The summed E-state index contributed by atoms with van der Waals surface area (Å²) >= 11 is 0. The van der Waals surface area contributed by atoms with Gasteiger partial charge in [0.25, 0.3) is 11.8 Å². The monoisotopic (exact) mass is 439 g/mol. The van der Waals surface area contributed by atoms with Gasteiger partial charge in [-0.25, -0.2) is 0 Å². The first kappa shape index (κ1) is 23.1. The second-order valence-corrected chi connectivity index (χ2v) is 7.30. The number of benzene rings is 2. The highest BCUT2D eigenvalue weighted by atomic mass is 16.5. The fourth-order valence-corrected chi connectivity index (χ4v) is 3.62. The maximum absolute atomic E-state index is 13.0. The molecule has 3 rings (SSSR count). The Morgan fingerprint density at radius 3 is 2.69 bits per heavy atom.